The van der Waals surface area contributed by atoms with Crippen molar-refractivity contribution in [3.63, 3.8) is 0 Å². The Kier molecular flexibility index (Phi) is 5.60. The van der Waals surface area contributed by atoms with Gasteiger partial charge in [-0.3, -0.25) is 0 Å². The monoisotopic (exact) mass is 200 g/mol. The molecule has 0 amide bonds. The maximum atomic E-state index is 10.9. The average Bonchev–Trinajstić information content (AvgIpc) is 2.10. The fourth-order valence-corrected chi connectivity index (χ4v) is 0.593. The summed E-state index contributed by atoms with van der Waals surface area (Å²) in [4.78, 5) is 21.0. The average molecular weight is 200 g/mol. The summed E-state index contributed by atoms with van der Waals surface area (Å²) in [7, 11) is 0. The lowest BCUT2D eigenvalue weighted by Gasteiger charge is -2.14. The first-order valence-electron chi connectivity index (χ1n) is 4.51. The summed E-state index contributed by atoms with van der Waals surface area (Å²) in [5.41, 5.74) is 0. The number of hydrogen-bond donors (Lipinski definition) is 1. The molecule has 0 fully saturated rings. The normalized spacial score (nSPS) is 13.1. The number of carbonyl (C=O) groups excluding carboxylic acids is 1. The van der Waals surface area contributed by atoms with Crippen LogP contribution in [0.2, 0.25) is 0 Å². The second kappa shape index (κ2) is 6.18. The fraction of sp³-hybridized carbons (Fsp3) is 0.600. The zero-order chi connectivity index (χ0) is 11.1. The van der Waals surface area contributed by atoms with Crippen LogP contribution in [0.4, 0.5) is 0 Å². The standard InChI is InChI=1S/C10H16O4/c1-7(2)8(3)6-14-10(13)5-4-9(11)12/h4-5,7-8H,6H2,1-3H3,(H,11,12)/b5-4+. The van der Waals surface area contributed by atoms with Gasteiger partial charge in [0, 0.05) is 12.2 Å². The molecule has 0 saturated carbocycles. The smallest absolute Gasteiger partial charge is 0.331 e. The number of carbonyl (C=O) groups is 2. The van der Waals surface area contributed by atoms with Crippen LogP contribution in [0.1, 0.15) is 20.8 Å². The van der Waals surface area contributed by atoms with Gasteiger partial charge < -0.3 is 9.84 Å². The van der Waals surface area contributed by atoms with Gasteiger partial charge in [-0.15, -0.1) is 0 Å². The van der Waals surface area contributed by atoms with Crippen LogP contribution in [0.25, 0.3) is 0 Å². The minimum absolute atomic E-state index is 0.275. The molecule has 1 unspecified atom stereocenters. The molecule has 1 N–H and O–H groups in total. The van der Waals surface area contributed by atoms with E-state index >= 15 is 0 Å². The van der Waals surface area contributed by atoms with Crippen LogP contribution < -0.4 is 0 Å². The van der Waals surface area contributed by atoms with Gasteiger partial charge in [-0.2, -0.15) is 0 Å². The van der Waals surface area contributed by atoms with E-state index in [0.29, 0.717) is 12.5 Å². The summed E-state index contributed by atoms with van der Waals surface area (Å²) in [6.07, 6.45) is 1.68. The van der Waals surface area contributed by atoms with Crippen molar-refractivity contribution in [2.75, 3.05) is 6.61 Å². The van der Waals surface area contributed by atoms with Crippen LogP contribution in [0.15, 0.2) is 12.2 Å². The minimum Gasteiger partial charge on any atom is -0.478 e. The van der Waals surface area contributed by atoms with Crippen molar-refractivity contribution in [3.8, 4) is 0 Å². The van der Waals surface area contributed by atoms with Crippen LogP contribution in [-0.4, -0.2) is 23.7 Å². The van der Waals surface area contributed by atoms with Gasteiger partial charge in [-0.1, -0.05) is 20.8 Å². The number of hydrogen-bond acceptors (Lipinski definition) is 3. The third kappa shape index (κ3) is 6.22. The molecule has 0 aromatic rings. The Hall–Kier alpha value is -1.32. The maximum Gasteiger partial charge on any atom is 0.331 e. The topological polar surface area (TPSA) is 63.6 Å². The Bertz CT molecular complexity index is 230. The number of ether oxygens (including phenoxy) is 1. The van der Waals surface area contributed by atoms with E-state index in [2.05, 4.69) is 0 Å². The first-order chi connectivity index (χ1) is 6.43. The molecule has 0 aromatic heterocycles. The predicted octanol–water partition coefficient (Wildman–Crippen LogP) is 1.46. The molecule has 0 aliphatic carbocycles. The Morgan fingerprint density at radius 1 is 1.29 bits per heavy atom. The molecule has 4 heteroatoms. The van der Waals surface area contributed by atoms with Crippen LogP contribution >= 0.6 is 0 Å². The van der Waals surface area contributed by atoms with Gasteiger partial charge in [-0.25, -0.2) is 9.59 Å². The Labute approximate surface area is 83.6 Å². The molecule has 0 aromatic carbocycles. The Balaban J connectivity index is 3.80. The number of rotatable bonds is 5. The third-order valence-corrected chi connectivity index (χ3v) is 1.99. The van der Waals surface area contributed by atoms with Crippen molar-refractivity contribution in [3.05, 3.63) is 12.2 Å². The first-order valence-corrected chi connectivity index (χ1v) is 4.51. The molecule has 0 radical (unpaired) electrons. The van der Waals surface area contributed by atoms with Crippen molar-refractivity contribution in [2.24, 2.45) is 11.8 Å². The van der Waals surface area contributed by atoms with Gasteiger partial charge in [0.2, 0.25) is 0 Å². The molecule has 1 atom stereocenters. The predicted molar refractivity (Wildman–Crippen MR) is 51.7 cm³/mol. The highest BCUT2D eigenvalue weighted by Gasteiger charge is 2.08. The molecule has 0 aliphatic rings. The zero-order valence-corrected chi connectivity index (χ0v) is 8.69. The van der Waals surface area contributed by atoms with Crippen molar-refractivity contribution < 1.29 is 19.4 Å². The second-order valence-electron chi connectivity index (χ2n) is 3.52. The Morgan fingerprint density at radius 3 is 2.29 bits per heavy atom. The molecule has 4 nitrogen and oxygen atoms in total. The molecular formula is C10H16O4. The number of aliphatic carboxylic acids is 1. The van der Waals surface area contributed by atoms with Gasteiger partial charge in [0.05, 0.1) is 6.61 Å². The van der Waals surface area contributed by atoms with E-state index < -0.39 is 11.9 Å². The van der Waals surface area contributed by atoms with Crippen LogP contribution in [-0.2, 0) is 14.3 Å². The van der Waals surface area contributed by atoms with E-state index in [1.807, 2.05) is 20.8 Å². The fourth-order valence-electron chi connectivity index (χ4n) is 0.593. The van der Waals surface area contributed by atoms with Crippen molar-refractivity contribution in [1.82, 2.24) is 0 Å². The van der Waals surface area contributed by atoms with E-state index in [9.17, 15) is 9.59 Å². The van der Waals surface area contributed by atoms with E-state index in [1.165, 1.54) is 0 Å². The quantitative estimate of drug-likeness (QED) is 0.539. The van der Waals surface area contributed by atoms with Gasteiger partial charge in [0.15, 0.2) is 0 Å². The number of esters is 1. The summed E-state index contributed by atoms with van der Waals surface area (Å²) in [5.74, 6) is -1.05. The van der Waals surface area contributed by atoms with Crippen LogP contribution in [0, 0.1) is 11.8 Å². The van der Waals surface area contributed by atoms with Crippen LogP contribution in [0.5, 0.6) is 0 Å². The highest BCUT2D eigenvalue weighted by Crippen LogP contribution is 2.09. The third-order valence-electron chi connectivity index (χ3n) is 1.99. The number of carboxylic acids is 1. The second-order valence-corrected chi connectivity index (χ2v) is 3.52. The summed E-state index contributed by atoms with van der Waals surface area (Å²) < 4.78 is 4.83. The lowest BCUT2D eigenvalue weighted by Crippen LogP contribution is -2.14. The van der Waals surface area contributed by atoms with Gasteiger partial charge in [-0.05, 0) is 11.8 Å². The van der Waals surface area contributed by atoms with Crippen molar-refractivity contribution in [1.29, 1.82) is 0 Å². The highest BCUT2D eigenvalue weighted by atomic mass is 16.5. The van der Waals surface area contributed by atoms with Crippen molar-refractivity contribution in [2.45, 2.75) is 20.8 Å². The summed E-state index contributed by atoms with van der Waals surface area (Å²) >= 11 is 0. The summed E-state index contributed by atoms with van der Waals surface area (Å²) in [6, 6.07) is 0. The van der Waals surface area contributed by atoms with E-state index in [4.69, 9.17) is 9.84 Å². The zero-order valence-electron chi connectivity index (χ0n) is 8.69. The van der Waals surface area contributed by atoms with Crippen LogP contribution in [0.3, 0.4) is 0 Å². The molecule has 0 saturated heterocycles. The molecular weight excluding hydrogens is 184 g/mol. The van der Waals surface area contributed by atoms with E-state index in [0.717, 1.165) is 12.2 Å². The van der Waals surface area contributed by atoms with E-state index in [-0.39, 0.29) is 5.92 Å². The lowest BCUT2D eigenvalue weighted by atomic mass is 9.99. The first kappa shape index (κ1) is 12.7. The SMILES string of the molecule is CC(C)C(C)COC(=O)/C=C/C(=O)O. The molecule has 0 bridgehead atoms. The number of carboxylic acid groups (broad SMARTS) is 1. The summed E-state index contributed by atoms with van der Waals surface area (Å²) in [5, 5.41) is 8.23. The summed E-state index contributed by atoms with van der Waals surface area (Å²) in [6.45, 7) is 6.36. The Morgan fingerprint density at radius 2 is 1.86 bits per heavy atom. The molecule has 0 heterocycles. The van der Waals surface area contributed by atoms with Gasteiger partial charge >= 0.3 is 11.9 Å². The van der Waals surface area contributed by atoms with Crippen molar-refractivity contribution >= 4 is 11.9 Å². The van der Waals surface area contributed by atoms with E-state index in [1.54, 1.807) is 0 Å². The highest BCUT2D eigenvalue weighted by molar-refractivity contribution is 5.90. The molecule has 0 rings (SSSR count). The minimum atomic E-state index is -1.15. The maximum absolute atomic E-state index is 10.9. The van der Waals surface area contributed by atoms with Gasteiger partial charge in [0.25, 0.3) is 0 Å². The lowest BCUT2D eigenvalue weighted by molar-refractivity contribution is -0.140. The molecule has 0 aliphatic heterocycles. The van der Waals surface area contributed by atoms with Gasteiger partial charge in [0.1, 0.15) is 0 Å². The largest absolute Gasteiger partial charge is 0.478 e. The molecule has 80 valence electrons. The molecule has 14 heavy (non-hydrogen) atoms. The molecule has 0 spiro atoms.